The highest BCUT2D eigenvalue weighted by Gasteiger charge is 2.19. The van der Waals surface area contributed by atoms with Crippen LogP contribution in [0.25, 0.3) is 0 Å². The summed E-state index contributed by atoms with van der Waals surface area (Å²) in [4.78, 5) is 21.0. The van der Waals surface area contributed by atoms with Gasteiger partial charge in [-0.05, 0) is 12.1 Å². The fraction of sp³-hybridized carbons (Fsp3) is 0.357. The molecule has 0 fully saturated rings. The Morgan fingerprint density at radius 2 is 1.89 bits per heavy atom. The molecule has 0 aliphatic rings. The first-order valence-electron chi connectivity index (χ1n) is 6.08. The van der Waals surface area contributed by atoms with Crippen molar-refractivity contribution in [3.8, 4) is 0 Å². The molecule has 0 unspecified atom stereocenters. The molecule has 1 aromatic carbocycles. The Morgan fingerprint density at radius 1 is 1.26 bits per heavy atom. The molecule has 4 nitrogen and oxygen atoms in total. The summed E-state index contributed by atoms with van der Waals surface area (Å²) in [6, 6.07) is 7.38. The van der Waals surface area contributed by atoms with E-state index in [2.05, 4.69) is 24.6 Å². The van der Waals surface area contributed by atoms with Crippen LogP contribution in [-0.4, -0.2) is 34.4 Å². The summed E-state index contributed by atoms with van der Waals surface area (Å²) < 4.78 is 4.77. The lowest BCUT2D eigenvalue weighted by Gasteiger charge is -2.17. The molecule has 0 bridgehead atoms. The van der Waals surface area contributed by atoms with Crippen molar-refractivity contribution in [1.29, 1.82) is 0 Å². The summed E-state index contributed by atoms with van der Waals surface area (Å²) in [6.07, 6.45) is 0. The van der Waals surface area contributed by atoms with Crippen LogP contribution in [0.3, 0.4) is 0 Å². The predicted molar refractivity (Wildman–Crippen MR) is 77.0 cm³/mol. The smallest absolute Gasteiger partial charge is 0.373 e. The average Bonchev–Trinajstić information content (AvgIpc) is 2.43. The molecule has 104 valence electrons. The van der Waals surface area contributed by atoms with Gasteiger partial charge in [0.05, 0.1) is 12.2 Å². The van der Waals surface area contributed by atoms with Gasteiger partial charge in [0.2, 0.25) is 0 Å². The Hall–Kier alpha value is -1.43. The highest BCUT2D eigenvalue weighted by atomic mass is 28.3. The molecule has 0 amide bonds. The fourth-order valence-corrected chi connectivity index (χ4v) is 2.68. The molecular formula is C14H20O4Si. The van der Waals surface area contributed by atoms with Gasteiger partial charge in [0.1, 0.15) is 14.7 Å². The molecule has 19 heavy (non-hydrogen) atoms. The largest absolute Gasteiger partial charge is 0.382 e. The number of carbonyl (C=O) groups excluding carboxylic acids is 1. The van der Waals surface area contributed by atoms with Crippen molar-refractivity contribution < 1.29 is 19.3 Å². The van der Waals surface area contributed by atoms with Crippen LogP contribution >= 0.6 is 0 Å². The second kappa shape index (κ2) is 7.23. The van der Waals surface area contributed by atoms with E-state index in [-0.39, 0.29) is 6.61 Å². The van der Waals surface area contributed by atoms with Crippen LogP contribution in [0.15, 0.2) is 36.5 Å². The van der Waals surface area contributed by atoms with Crippen molar-refractivity contribution in [1.82, 2.24) is 0 Å². The number of methoxy groups -OCH3 is 1. The van der Waals surface area contributed by atoms with E-state index in [9.17, 15) is 4.79 Å². The van der Waals surface area contributed by atoms with Gasteiger partial charge in [-0.25, -0.2) is 4.79 Å². The quantitative estimate of drug-likeness (QED) is 0.332. The maximum atomic E-state index is 11.6. The summed E-state index contributed by atoms with van der Waals surface area (Å²) >= 11 is 0. The van der Waals surface area contributed by atoms with Crippen molar-refractivity contribution in [2.45, 2.75) is 13.1 Å². The maximum absolute atomic E-state index is 11.6. The average molecular weight is 280 g/mol. The molecule has 0 N–H and O–H groups in total. The second-order valence-electron chi connectivity index (χ2n) is 4.69. The molecule has 1 rings (SSSR count). The third-order valence-electron chi connectivity index (χ3n) is 2.88. The molecular weight excluding hydrogens is 260 g/mol. The van der Waals surface area contributed by atoms with Gasteiger partial charge in [0, 0.05) is 7.11 Å². The molecule has 0 aliphatic heterocycles. The van der Waals surface area contributed by atoms with Crippen LogP contribution in [0.2, 0.25) is 13.1 Å². The van der Waals surface area contributed by atoms with Crippen LogP contribution in [0.5, 0.6) is 0 Å². The zero-order valence-corrected chi connectivity index (χ0v) is 12.6. The zero-order chi connectivity index (χ0) is 14.3. The molecule has 5 heteroatoms. The third kappa shape index (κ3) is 4.63. The molecule has 0 aliphatic carbocycles. The van der Waals surface area contributed by atoms with Crippen LogP contribution in [0.4, 0.5) is 0 Å². The van der Waals surface area contributed by atoms with E-state index < -0.39 is 14.0 Å². The first-order valence-corrected chi connectivity index (χ1v) is 9.16. The molecule has 0 saturated heterocycles. The number of rotatable bonds is 7. The van der Waals surface area contributed by atoms with Crippen molar-refractivity contribution in [2.75, 3.05) is 20.3 Å². The van der Waals surface area contributed by atoms with Crippen LogP contribution < -0.4 is 5.19 Å². The zero-order valence-electron chi connectivity index (χ0n) is 11.6. The monoisotopic (exact) mass is 280 g/mol. The Morgan fingerprint density at radius 3 is 2.42 bits per heavy atom. The normalized spacial score (nSPS) is 11.1. The Bertz CT molecular complexity index is 426. The number of hydrogen-bond acceptors (Lipinski definition) is 4. The van der Waals surface area contributed by atoms with E-state index in [0.717, 1.165) is 0 Å². The number of ether oxygens (including phenoxy) is 1. The topological polar surface area (TPSA) is 44.8 Å². The minimum atomic E-state index is -1.58. The Kier molecular flexibility index (Phi) is 5.94. The van der Waals surface area contributed by atoms with Crippen molar-refractivity contribution >= 4 is 19.2 Å². The van der Waals surface area contributed by atoms with E-state index in [0.29, 0.717) is 12.2 Å². The van der Waals surface area contributed by atoms with Gasteiger partial charge in [0.25, 0.3) is 0 Å². The standard InChI is InChI=1S/C14H20O4Si/c1-5-19(3,4)13-8-6-12(7-9-13)14(15)18-17-11-10-16-2/h5-9H,1,10-11H2,2-4H3. The summed E-state index contributed by atoms with van der Waals surface area (Å²) in [5, 5.41) is 1.22. The molecule has 0 atom stereocenters. The summed E-state index contributed by atoms with van der Waals surface area (Å²) in [6.45, 7) is 8.85. The highest BCUT2D eigenvalue weighted by Crippen LogP contribution is 2.07. The van der Waals surface area contributed by atoms with E-state index in [1.54, 1.807) is 19.2 Å². The van der Waals surface area contributed by atoms with Gasteiger partial charge in [-0.3, -0.25) is 4.89 Å². The summed E-state index contributed by atoms with van der Waals surface area (Å²) in [5.41, 5.74) is 2.48. The van der Waals surface area contributed by atoms with Crippen molar-refractivity contribution in [3.05, 3.63) is 42.1 Å². The number of benzene rings is 1. The van der Waals surface area contributed by atoms with Gasteiger partial charge in [-0.2, -0.15) is 4.89 Å². The lowest BCUT2D eigenvalue weighted by atomic mass is 10.2. The third-order valence-corrected chi connectivity index (χ3v) is 5.72. The molecule has 0 saturated carbocycles. The SMILES string of the molecule is C=C[Si](C)(C)c1ccc(C(=O)OOCCOC)cc1. The predicted octanol–water partition coefficient (Wildman–Crippen LogP) is 2.06. The van der Waals surface area contributed by atoms with Crippen LogP contribution in [0.1, 0.15) is 10.4 Å². The summed E-state index contributed by atoms with van der Waals surface area (Å²) in [5.74, 6) is -0.499. The Labute approximate surface area is 114 Å². The Balaban J connectivity index is 2.61. The van der Waals surface area contributed by atoms with Crippen molar-refractivity contribution in [3.63, 3.8) is 0 Å². The van der Waals surface area contributed by atoms with E-state index >= 15 is 0 Å². The van der Waals surface area contributed by atoms with E-state index in [1.807, 2.05) is 17.8 Å². The highest BCUT2D eigenvalue weighted by molar-refractivity contribution is 6.93. The van der Waals surface area contributed by atoms with E-state index in [4.69, 9.17) is 9.62 Å². The van der Waals surface area contributed by atoms with Gasteiger partial charge in [-0.1, -0.05) is 36.1 Å². The van der Waals surface area contributed by atoms with Crippen molar-refractivity contribution in [2.24, 2.45) is 0 Å². The van der Waals surface area contributed by atoms with Gasteiger partial charge in [-0.15, -0.1) is 6.58 Å². The minimum Gasteiger partial charge on any atom is -0.382 e. The molecule has 0 spiro atoms. The lowest BCUT2D eigenvalue weighted by molar-refractivity contribution is -0.246. The summed E-state index contributed by atoms with van der Waals surface area (Å²) in [7, 11) is -0.0325. The molecule has 0 heterocycles. The second-order valence-corrected chi connectivity index (χ2v) is 9.12. The number of carbonyl (C=O) groups is 1. The molecule has 0 radical (unpaired) electrons. The van der Waals surface area contributed by atoms with Crippen LogP contribution in [0, 0.1) is 0 Å². The van der Waals surface area contributed by atoms with Gasteiger partial charge >= 0.3 is 5.97 Å². The van der Waals surface area contributed by atoms with E-state index in [1.165, 1.54) is 5.19 Å². The molecule has 0 aromatic heterocycles. The first-order chi connectivity index (χ1) is 9.01. The van der Waals surface area contributed by atoms with Gasteiger partial charge < -0.3 is 4.74 Å². The fourth-order valence-electron chi connectivity index (χ4n) is 1.41. The first kappa shape index (κ1) is 15.6. The number of hydrogen-bond donors (Lipinski definition) is 0. The maximum Gasteiger partial charge on any atom is 0.373 e. The molecule has 1 aromatic rings. The lowest BCUT2D eigenvalue weighted by Crippen LogP contribution is -2.39. The van der Waals surface area contributed by atoms with Gasteiger partial charge in [0.15, 0.2) is 0 Å². The van der Waals surface area contributed by atoms with Crippen LogP contribution in [-0.2, 0) is 14.5 Å². The minimum absolute atomic E-state index is 0.219.